The zero-order valence-electron chi connectivity index (χ0n) is 11.3. The highest BCUT2D eigenvalue weighted by Gasteiger charge is 2.38. The Bertz CT molecular complexity index is 364. The molecule has 1 aliphatic heterocycles. The van der Waals surface area contributed by atoms with Crippen LogP contribution < -0.4 is 0 Å². The second-order valence-corrected chi connectivity index (χ2v) is 5.69. The summed E-state index contributed by atoms with van der Waals surface area (Å²) < 4.78 is 5.13. The number of amides is 1. The van der Waals surface area contributed by atoms with Crippen molar-refractivity contribution in [2.45, 2.75) is 32.8 Å². The summed E-state index contributed by atoms with van der Waals surface area (Å²) in [6, 6.07) is 0. The van der Waals surface area contributed by atoms with Crippen molar-refractivity contribution in [3.05, 3.63) is 0 Å². The van der Waals surface area contributed by atoms with E-state index in [1.54, 1.807) is 20.8 Å². The third-order valence-electron chi connectivity index (χ3n) is 2.80. The van der Waals surface area contributed by atoms with Crippen LogP contribution in [0.4, 0.5) is 4.79 Å². The highest BCUT2D eigenvalue weighted by molar-refractivity contribution is 5.77. The number of ether oxygens (including phenoxy) is 1. The summed E-state index contributed by atoms with van der Waals surface area (Å²) in [6.07, 6.45) is -0.644. The van der Waals surface area contributed by atoms with Crippen LogP contribution in [0, 0.1) is 11.8 Å². The summed E-state index contributed by atoms with van der Waals surface area (Å²) in [5.41, 5.74) is -0.702. The van der Waals surface area contributed by atoms with E-state index >= 15 is 0 Å². The zero-order chi connectivity index (χ0) is 14.8. The number of likely N-dealkylation sites (tertiary alicyclic amines) is 1. The summed E-state index contributed by atoms with van der Waals surface area (Å²) in [6.45, 7) is 5.04. The lowest BCUT2D eigenvalue weighted by Gasteiger charge is -2.35. The summed E-state index contributed by atoms with van der Waals surface area (Å²) in [5.74, 6) is -3.94. The molecule has 0 radical (unpaired) electrons. The molecular formula is C12H19NO6. The minimum absolute atomic E-state index is 0.0198. The van der Waals surface area contributed by atoms with Crippen molar-refractivity contribution in [3.63, 3.8) is 0 Å². The maximum atomic E-state index is 11.9. The number of carboxylic acid groups (broad SMARTS) is 2. The van der Waals surface area contributed by atoms with Crippen molar-refractivity contribution in [2.75, 3.05) is 13.1 Å². The molecule has 2 N–H and O–H groups in total. The van der Waals surface area contributed by atoms with Gasteiger partial charge >= 0.3 is 18.0 Å². The number of rotatable bonds is 2. The Hall–Kier alpha value is -1.79. The molecule has 1 heterocycles. The first-order chi connectivity index (χ1) is 8.60. The van der Waals surface area contributed by atoms with E-state index in [9.17, 15) is 14.4 Å². The quantitative estimate of drug-likeness (QED) is 0.778. The van der Waals surface area contributed by atoms with E-state index in [0.717, 1.165) is 4.90 Å². The van der Waals surface area contributed by atoms with Gasteiger partial charge in [0.15, 0.2) is 0 Å². The molecule has 1 saturated heterocycles. The molecular weight excluding hydrogens is 254 g/mol. The largest absolute Gasteiger partial charge is 0.481 e. The van der Waals surface area contributed by atoms with Gasteiger partial charge < -0.3 is 19.8 Å². The number of piperidine rings is 1. The molecule has 0 aromatic carbocycles. The fourth-order valence-electron chi connectivity index (χ4n) is 1.93. The molecule has 2 atom stereocenters. The van der Waals surface area contributed by atoms with Gasteiger partial charge in [0.2, 0.25) is 0 Å². The van der Waals surface area contributed by atoms with Gasteiger partial charge in [-0.2, -0.15) is 0 Å². The number of carboxylic acids is 2. The van der Waals surface area contributed by atoms with Crippen LogP contribution in [-0.2, 0) is 14.3 Å². The van der Waals surface area contributed by atoms with Crippen LogP contribution >= 0.6 is 0 Å². The van der Waals surface area contributed by atoms with Gasteiger partial charge in [0.05, 0.1) is 11.8 Å². The summed E-state index contributed by atoms with van der Waals surface area (Å²) in [4.78, 5) is 35.0. The number of carbonyl (C=O) groups is 3. The van der Waals surface area contributed by atoms with Gasteiger partial charge in [-0.05, 0) is 27.2 Å². The average molecular weight is 273 g/mol. The predicted octanol–water partition coefficient (Wildman–Crippen LogP) is 1.03. The van der Waals surface area contributed by atoms with Gasteiger partial charge in [0, 0.05) is 13.1 Å². The number of carbonyl (C=O) groups excluding carboxylic acids is 1. The molecule has 1 rings (SSSR count). The van der Waals surface area contributed by atoms with E-state index in [-0.39, 0.29) is 19.5 Å². The molecule has 0 bridgehead atoms. The summed E-state index contributed by atoms with van der Waals surface area (Å²) in [5, 5.41) is 18.0. The number of hydrogen-bond donors (Lipinski definition) is 2. The van der Waals surface area contributed by atoms with Crippen molar-refractivity contribution in [2.24, 2.45) is 11.8 Å². The van der Waals surface area contributed by atoms with Gasteiger partial charge in [0.1, 0.15) is 5.60 Å². The Balaban J connectivity index is 2.79. The first-order valence-electron chi connectivity index (χ1n) is 6.03. The monoisotopic (exact) mass is 273 g/mol. The Morgan fingerprint density at radius 3 is 1.79 bits per heavy atom. The van der Waals surface area contributed by atoms with Crippen molar-refractivity contribution in [3.8, 4) is 0 Å². The minimum Gasteiger partial charge on any atom is -0.481 e. The molecule has 1 aliphatic rings. The smallest absolute Gasteiger partial charge is 0.410 e. The fraction of sp³-hybridized carbons (Fsp3) is 0.750. The molecule has 0 aliphatic carbocycles. The van der Waals surface area contributed by atoms with E-state index in [1.807, 2.05) is 0 Å². The fourth-order valence-corrected chi connectivity index (χ4v) is 1.93. The zero-order valence-corrected chi connectivity index (χ0v) is 11.3. The van der Waals surface area contributed by atoms with Crippen molar-refractivity contribution >= 4 is 18.0 Å². The van der Waals surface area contributed by atoms with Crippen LogP contribution in [0.2, 0.25) is 0 Å². The van der Waals surface area contributed by atoms with Gasteiger partial charge in [-0.25, -0.2) is 4.79 Å². The van der Waals surface area contributed by atoms with E-state index in [4.69, 9.17) is 14.9 Å². The minimum atomic E-state index is -1.10. The Labute approximate surface area is 111 Å². The van der Waals surface area contributed by atoms with Crippen LogP contribution in [0.3, 0.4) is 0 Å². The SMILES string of the molecule is CC(C)(C)OC(=O)N1C[C@H](C(=O)O)C[C@@H](C(=O)O)C1. The molecule has 7 heteroatoms. The molecule has 0 saturated carbocycles. The van der Waals surface area contributed by atoms with Gasteiger partial charge in [-0.3, -0.25) is 9.59 Å². The van der Waals surface area contributed by atoms with Crippen molar-refractivity contribution < 1.29 is 29.3 Å². The topological polar surface area (TPSA) is 104 Å². The Morgan fingerprint density at radius 2 is 1.47 bits per heavy atom. The van der Waals surface area contributed by atoms with Crippen LogP contribution in [0.5, 0.6) is 0 Å². The predicted molar refractivity (Wildman–Crippen MR) is 64.7 cm³/mol. The number of aliphatic carboxylic acids is 2. The lowest BCUT2D eigenvalue weighted by Crippen LogP contribution is -2.49. The lowest BCUT2D eigenvalue weighted by molar-refractivity contribution is -0.149. The highest BCUT2D eigenvalue weighted by Crippen LogP contribution is 2.24. The third kappa shape index (κ3) is 4.42. The summed E-state index contributed by atoms with van der Waals surface area (Å²) in [7, 11) is 0. The molecule has 1 fully saturated rings. The third-order valence-corrected chi connectivity index (χ3v) is 2.80. The normalized spacial score (nSPS) is 23.8. The second-order valence-electron chi connectivity index (χ2n) is 5.69. The molecule has 0 spiro atoms. The van der Waals surface area contributed by atoms with E-state index < -0.39 is 35.5 Å². The Morgan fingerprint density at radius 1 is 1.05 bits per heavy atom. The molecule has 0 unspecified atom stereocenters. The van der Waals surface area contributed by atoms with E-state index in [2.05, 4.69) is 0 Å². The van der Waals surface area contributed by atoms with Gasteiger partial charge in [-0.1, -0.05) is 0 Å². The molecule has 1 amide bonds. The number of nitrogens with zero attached hydrogens (tertiary/aromatic N) is 1. The molecule has 0 aromatic heterocycles. The maximum Gasteiger partial charge on any atom is 0.410 e. The maximum absolute atomic E-state index is 11.9. The average Bonchev–Trinajstić information content (AvgIpc) is 2.25. The first-order valence-corrected chi connectivity index (χ1v) is 6.03. The van der Waals surface area contributed by atoms with Crippen molar-refractivity contribution in [1.29, 1.82) is 0 Å². The molecule has 7 nitrogen and oxygen atoms in total. The highest BCUT2D eigenvalue weighted by atomic mass is 16.6. The molecule has 19 heavy (non-hydrogen) atoms. The molecule has 0 aromatic rings. The van der Waals surface area contributed by atoms with Crippen LogP contribution in [0.1, 0.15) is 27.2 Å². The van der Waals surface area contributed by atoms with Crippen LogP contribution in [0.15, 0.2) is 0 Å². The number of hydrogen-bond acceptors (Lipinski definition) is 4. The Kier molecular flexibility index (Phi) is 4.39. The van der Waals surface area contributed by atoms with E-state index in [0.29, 0.717) is 0 Å². The molecule has 108 valence electrons. The lowest BCUT2D eigenvalue weighted by atomic mass is 9.89. The van der Waals surface area contributed by atoms with Crippen LogP contribution in [-0.4, -0.2) is 51.8 Å². The van der Waals surface area contributed by atoms with Crippen LogP contribution in [0.25, 0.3) is 0 Å². The standard InChI is InChI=1S/C12H19NO6/c1-12(2,3)19-11(18)13-5-7(9(14)15)4-8(6-13)10(16)17/h7-8H,4-6H2,1-3H3,(H,14,15)(H,16,17)/t7-,8-/m1/s1. The van der Waals surface area contributed by atoms with E-state index in [1.165, 1.54) is 0 Å². The summed E-state index contributed by atoms with van der Waals surface area (Å²) >= 11 is 0. The van der Waals surface area contributed by atoms with Gasteiger partial charge in [-0.15, -0.1) is 0 Å². The van der Waals surface area contributed by atoms with Gasteiger partial charge in [0.25, 0.3) is 0 Å². The van der Waals surface area contributed by atoms with Crippen molar-refractivity contribution in [1.82, 2.24) is 4.90 Å². The second kappa shape index (κ2) is 5.46. The first kappa shape index (κ1) is 15.3.